The summed E-state index contributed by atoms with van der Waals surface area (Å²) in [7, 11) is 0. The predicted octanol–water partition coefficient (Wildman–Crippen LogP) is 9.88. The number of hydrogen-bond donors (Lipinski definition) is 1. The molecule has 6 rings (SSSR count). The summed E-state index contributed by atoms with van der Waals surface area (Å²) in [5.41, 5.74) is 6.93. The number of ether oxygens (including phenoxy) is 1. The zero-order chi connectivity index (χ0) is 29.6. The van der Waals surface area contributed by atoms with E-state index in [1.165, 1.54) is 10.8 Å². The molecule has 0 amide bonds. The van der Waals surface area contributed by atoms with Crippen LogP contribution in [0, 0.1) is 5.41 Å². The molecule has 4 aromatic rings. The molecule has 0 fully saturated rings. The van der Waals surface area contributed by atoms with Crippen molar-refractivity contribution in [1.82, 2.24) is 0 Å². The quantitative estimate of drug-likeness (QED) is 0.230. The number of Topliss-reactive ketones (excluding diaryl/α,β-unsaturated/α-hetero) is 1. The van der Waals surface area contributed by atoms with E-state index in [4.69, 9.17) is 27.9 Å². The summed E-state index contributed by atoms with van der Waals surface area (Å²) >= 11 is 12.7. The first-order chi connectivity index (χ1) is 20.2. The standard InChI is InChI=1S/C36H36Cl2N2O2/c1-5-40(6-2)25-14-15-27(32(18-25)42-21-23-11-13-24(37)17-29(23)38)35-34-28(19-36(3,4)20-31(34)41)33-26-10-8-7-9-22(26)12-16-30(33)39-35/h7-18,35,39H,5-6,19-21H2,1-4H3. The molecule has 216 valence electrons. The Balaban J connectivity index is 1.51. The minimum absolute atomic E-state index is 0.122. The number of ketones is 1. The molecule has 1 unspecified atom stereocenters. The van der Waals surface area contributed by atoms with E-state index in [-0.39, 0.29) is 23.8 Å². The fraction of sp³-hybridized carbons (Fsp3) is 0.306. The second-order valence-corrected chi connectivity index (χ2v) is 12.9. The van der Waals surface area contributed by atoms with Gasteiger partial charge in [-0.05, 0) is 66.3 Å². The smallest absolute Gasteiger partial charge is 0.162 e. The lowest BCUT2D eigenvalue weighted by Crippen LogP contribution is -2.33. The van der Waals surface area contributed by atoms with E-state index < -0.39 is 0 Å². The maximum atomic E-state index is 14.0. The second kappa shape index (κ2) is 11.3. The maximum Gasteiger partial charge on any atom is 0.162 e. The molecule has 0 radical (unpaired) electrons. The fourth-order valence-electron chi connectivity index (χ4n) is 6.54. The molecule has 4 aromatic carbocycles. The molecule has 0 saturated carbocycles. The topological polar surface area (TPSA) is 41.6 Å². The maximum absolute atomic E-state index is 14.0. The van der Waals surface area contributed by atoms with Crippen molar-refractivity contribution in [2.45, 2.75) is 53.2 Å². The lowest BCUT2D eigenvalue weighted by molar-refractivity contribution is -0.118. The van der Waals surface area contributed by atoms with Crippen LogP contribution in [0.4, 0.5) is 11.4 Å². The Labute approximate surface area is 258 Å². The van der Waals surface area contributed by atoms with Gasteiger partial charge in [-0.2, -0.15) is 0 Å². The van der Waals surface area contributed by atoms with E-state index in [9.17, 15) is 4.79 Å². The van der Waals surface area contributed by atoms with Gasteiger partial charge in [0.05, 0.1) is 6.04 Å². The summed E-state index contributed by atoms with van der Waals surface area (Å²) in [6.07, 6.45) is 1.35. The lowest BCUT2D eigenvalue weighted by atomic mass is 9.67. The van der Waals surface area contributed by atoms with Crippen molar-refractivity contribution < 1.29 is 9.53 Å². The summed E-state index contributed by atoms with van der Waals surface area (Å²) < 4.78 is 6.56. The summed E-state index contributed by atoms with van der Waals surface area (Å²) in [4.78, 5) is 16.3. The van der Waals surface area contributed by atoms with E-state index in [2.05, 4.69) is 92.5 Å². The molecular weight excluding hydrogens is 563 g/mol. The third kappa shape index (κ3) is 5.27. The molecule has 0 bridgehead atoms. The van der Waals surface area contributed by atoms with Crippen LogP contribution in [0.25, 0.3) is 16.3 Å². The minimum atomic E-state index is -0.335. The second-order valence-electron chi connectivity index (χ2n) is 12.0. The van der Waals surface area contributed by atoms with E-state index in [1.54, 1.807) is 6.07 Å². The van der Waals surface area contributed by atoms with Crippen LogP contribution in [0.2, 0.25) is 10.0 Å². The van der Waals surface area contributed by atoms with Gasteiger partial charge in [0.25, 0.3) is 0 Å². The van der Waals surface area contributed by atoms with E-state index in [1.807, 2.05) is 12.1 Å². The molecule has 4 nitrogen and oxygen atoms in total. The first kappa shape index (κ1) is 28.6. The highest BCUT2D eigenvalue weighted by Crippen LogP contribution is 2.53. The van der Waals surface area contributed by atoms with Gasteiger partial charge in [0.15, 0.2) is 5.78 Å². The Morgan fingerprint density at radius 3 is 2.50 bits per heavy atom. The average molecular weight is 600 g/mol. The average Bonchev–Trinajstić information content (AvgIpc) is 2.96. The van der Waals surface area contributed by atoms with Gasteiger partial charge in [-0.3, -0.25) is 4.79 Å². The zero-order valence-corrected chi connectivity index (χ0v) is 26.1. The Kier molecular flexibility index (Phi) is 7.72. The number of rotatable bonds is 7. The van der Waals surface area contributed by atoms with Crippen LogP contribution in [0.3, 0.4) is 0 Å². The number of hydrogen-bond acceptors (Lipinski definition) is 4. The molecule has 1 N–H and O–H groups in total. The van der Waals surface area contributed by atoms with Crippen LogP contribution in [-0.4, -0.2) is 18.9 Å². The number of anilines is 2. The van der Waals surface area contributed by atoms with Crippen LogP contribution < -0.4 is 15.0 Å². The summed E-state index contributed by atoms with van der Waals surface area (Å²) in [6, 6.07) is 24.2. The van der Waals surface area contributed by atoms with Crippen molar-refractivity contribution in [1.29, 1.82) is 0 Å². The predicted molar refractivity (Wildman–Crippen MR) is 176 cm³/mol. The van der Waals surface area contributed by atoms with Crippen molar-refractivity contribution in [3.05, 3.63) is 105 Å². The van der Waals surface area contributed by atoms with Gasteiger partial charge in [-0.25, -0.2) is 0 Å². The number of allylic oxidation sites excluding steroid dienone is 1. The van der Waals surface area contributed by atoms with Crippen LogP contribution >= 0.6 is 23.2 Å². The number of benzene rings is 4. The van der Waals surface area contributed by atoms with Crippen LogP contribution in [0.1, 0.15) is 63.3 Å². The van der Waals surface area contributed by atoms with Gasteiger partial charge in [-0.1, -0.05) is 79.5 Å². The van der Waals surface area contributed by atoms with Gasteiger partial charge in [-0.15, -0.1) is 0 Å². The zero-order valence-electron chi connectivity index (χ0n) is 24.6. The highest BCUT2D eigenvalue weighted by atomic mass is 35.5. The molecule has 0 aromatic heterocycles. The molecule has 0 saturated heterocycles. The molecule has 6 heteroatoms. The number of fused-ring (bicyclic) bond motifs is 4. The van der Waals surface area contributed by atoms with Crippen molar-refractivity contribution in [3.8, 4) is 5.75 Å². The van der Waals surface area contributed by atoms with Gasteiger partial charge in [0, 0.05) is 69.3 Å². The Morgan fingerprint density at radius 2 is 1.74 bits per heavy atom. The summed E-state index contributed by atoms with van der Waals surface area (Å²) in [6.45, 7) is 10.7. The summed E-state index contributed by atoms with van der Waals surface area (Å²) in [5, 5.41) is 7.28. The molecular formula is C36H36Cl2N2O2. The highest BCUT2D eigenvalue weighted by molar-refractivity contribution is 6.35. The van der Waals surface area contributed by atoms with Crippen LogP contribution in [0.15, 0.2) is 78.4 Å². The lowest BCUT2D eigenvalue weighted by Gasteiger charge is -2.40. The number of carbonyl (C=O) groups is 1. The molecule has 1 heterocycles. The molecule has 1 aliphatic carbocycles. The first-order valence-electron chi connectivity index (χ1n) is 14.7. The number of nitrogens with zero attached hydrogens (tertiary/aromatic N) is 1. The molecule has 42 heavy (non-hydrogen) atoms. The fourth-order valence-corrected chi connectivity index (χ4v) is 7.00. The van der Waals surface area contributed by atoms with Crippen LogP contribution in [0.5, 0.6) is 5.75 Å². The number of nitrogens with one attached hydrogen (secondary N) is 1. The molecule has 2 aliphatic rings. The third-order valence-corrected chi connectivity index (χ3v) is 9.16. The SMILES string of the molecule is CCN(CC)c1ccc(C2Nc3ccc4ccccc4c3C3=C2C(=O)CC(C)(C)C3)c(OCc2ccc(Cl)cc2Cl)c1. The van der Waals surface area contributed by atoms with Crippen molar-refractivity contribution in [3.63, 3.8) is 0 Å². The molecule has 1 aliphatic heterocycles. The molecule has 1 atom stereocenters. The first-order valence-corrected chi connectivity index (χ1v) is 15.4. The number of halogens is 2. The third-order valence-electron chi connectivity index (χ3n) is 8.57. The molecule has 0 spiro atoms. The van der Waals surface area contributed by atoms with Gasteiger partial charge < -0.3 is 15.0 Å². The Morgan fingerprint density at radius 1 is 0.952 bits per heavy atom. The van der Waals surface area contributed by atoms with E-state index >= 15 is 0 Å². The normalized spacial score (nSPS) is 17.5. The monoisotopic (exact) mass is 598 g/mol. The number of carbonyl (C=O) groups excluding carboxylic acids is 1. The summed E-state index contributed by atoms with van der Waals surface area (Å²) in [5.74, 6) is 0.925. The Hall–Kier alpha value is -3.47. The van der Waals surface area contributed by atoms with Gasteiger partial charge in [0.1, 0.15) is 12.4 Å². The van der Waals surface area contributed by atoms with Crippen molar-refractivity contribution in [2.75, 3.05) is 23.3 Å². The van der Waals surface area contributed by atoms with E-state index in [0.717, 1.165) is 64.5 Å². The van der Waals surface area contributed by atoms with Gasteiger partial charge >= 0.3 is 0 Å². The minimum Gasteiger partial charge on any atom is -0.488 e. The van der Waals surface area contributed by atoms with Crippen molar-refractivity contribution in [2.24, 2.45) is 5.41 Å². The van der Waals surface area contributed by atoms with E-state index in [0.29, 0.717) is 16.5 Å². The largest absolute Gasteiger partial charge is 0.488 e. The Bertz CT molecular complexity index is 1720. The van der Waals surface area contributed by atoms with Gasteiger partial charge in [0.2, 0.25) is 0 Å². The van der Waals surface area contributed by atoms with Crippen LogP contribution in [-0.2, 0) is 11.4 Å². The van der Waals surface area contributed by atoms with Crippen molar-refractivity contribution >= 4 is 56.7 Å². The highest BCUT2D eigenvalue weighted by Gasteiger charge is 2.41.